The van der Waals surface area contributed by atoms with Crippen LogP contribution in [0.4, 0.5) is 0 Å². The molecule has 0 saturated heterocycles. The number of hydrogen-bond donors (Lipinski definition) is 0. The zero-order valence-electron chi connectivity index (χ0n) is 7.29. The van der Waals surface area contributed by atoms with Crippen molar-refractivity contribution in [3.8, 4) is 0 Å². The first kappa shape index (κ1) is 9.41. The Bertz CT molecular complexity index is 258. The standard InChI is InChI=1S/C10H13OP/c1-2-3-6-9-7-4-5-8-10(9)12-11/h4-5,7-8H,2-3,6H2,1H3. The molecule has 0 fully saturated rings. The Balaban J connectivity index is 2.75. The van der Waals surface area contributed by atoms with Crippen molar-refractivity contribution < 1.29 is 4.57 Å². The van der Waals surface area contributed by atoms with Gasteiger partial charge in [0.2, 0.25) is 0 Å². The lowest BCUT2D eigenvalue weighted by Gasteiger charge is -2.00. The fraction of sp³-hybridized carbons (Fsp3) is 0.400. The topological polar surface area (TPSA) is 17.1 Å². The smallest absolute Gasteiger partial charge is 0.192 e. The van der Waals surface area contributed by atoms with Crippen LogP contribution in [0.15, 0.2) is 24.3 Å². The van der Waals surface area contributed by atoms with Crippen molar-refractivity contribution in [3.05, 3.63) is 29.8 Å². The Morgan fingerprint density at radius 2 is 2.08 bits per heavy atom. The van der Waals surface area contributed by atoms with Crippen molar-refractivity contribution >= 4 is 13.8 Å². The van der Waals surface area contributed by atoms with E-state index < -0.39 is 0 Å². The normalized spacial score (nSPS) is 10.4. The molecule has 0 saturated carbocycles. The monoisotopic (exact) mass is 180 g/mol. The van der Waals surface area contributed by atoms with Gasteiger partial charge in [-0.1, -0.05) is 31.5 Å². The van der Waals surface area contributed by atoms with E-state index in [0.29, 0.717) is 0 Å². The number of benzene rings is 1. The third-order valence-corrected chi connectivity index (χ3v) is 2.52. The van der Waals surface area contributed by atoms with Gasteiger partial charge < -0.3 is 0 Å². The van der Waals surface area contributed by atoms with Gasteiger partial charge in [-0.2, -0.15) is 0 Å². The average Bonchev–Trinajstić information content (AvgIpc) is 2.15. The number of rotatable bonds is 4. The van der Waals surface area contributed by atoms with Gasteiger partial charge in [0.15, 0.2) is 8.46 Å². The van der Waals surface area contributed by atoms with Gasteiger partial charge in [-0.05, 0) is 24.5 Å². The fourth-order valence-electron chi connectivity index (χ4n) is 1.18. The lowest BCUT2D eigenvalue weighted by atomic mass is 10.1. The molecule has 1 aromatic carbocycles. The lowest BCUT2D eigenvalue weighted by molar-refractivity contribution is 0.603. The SMILES string of the molecule is CCCCc1ccccc1P=O. The molecule has 1 aromatic rings. The van der Waals surface area contributed by atoms with Crippen LogP contribution in [0, 0.1) is 0 Å². The van der Waals surface area contributed by atoms with Crippen molar-refractivity contribution in [1.82, 2.24) is 0 Å². The van der Waals surface area contributed by atoms with Crippen molar-refractivity contribution in [1.29, 1.82) is 0 Å². The first-order chi connectivity index (χ1) is 5.88. The number of aryl methyl sites for hydroxylation is 1. The van der Waals surface area contributed by atoms with E-state index in [2.05, 4.69) is 13.0 Å². The predicted octanol–water partition coefficient (Wildman–Crippen LogP) is 2.95. The Hall–Kier alpha value is -0.680. The molecule has 0 heterocycles. The van der Waals surface area contributed by atoms with Crippen LogP contribution < -0.4 is 5.30 Å². The summed E-state index contributed by atoms with van der Waals surface area (Å²) in [6.45, 7) is 2.16. The van der Waals surface area contributed by atoms with Crippen molar-refractivity contribution in [3.63, 3.8) is 0 Å². The molecule has 2 heteroatoms. The van der Waals surface area contributed by atoms with Gasteiger partial charge >= 0.3 is 0 Å². The third-order valence-electron chi connectivity index (χ3n) is 1.89. The average molecular weight is 180 g/mol. The minimum Gasteiger partial charge on any atom is -0.269 e. The summed E-state index contributed by atoms with van der Waals surface area (Å²) in [5.41, 5.74) is 1.22. The molecular weight excluding hydrogens is 167 g/mol. The summed E-state index contributed by atoms with van der Waals surface area (Å²) in [4.78, 5) is 0. The molecule has 64 valence electrons. The Morgan fingerprint density at radius 3 is 2.75 bits per heavy atom. The van der Waals surface area contributed by atoms with Crippen LogP contribution in [0.5, 0.6) is 0 Å². The molecule has 0 atom stereocenters. The molecule has 0 spiro atoms. The molecule has 0 unspecified atom stereocenters. The van der Waals surface area contributed by atoms with Crippen LogP contribution in [0.1, 0.15) is 25.3 Å². The second kappa shape index (κ2) is 5.05. The highest BCUT2D eigenvalue weighted by Crippen LogP contribution is 2.07. The maximum absolute atomic E-state index is 10.7. The number of unbranched alkanes of at least 4 members (excludes halogenated alkanes) is 1. The summed E-state index contributed by atoms with van der Waals surface area (Å²) in [5, 5.41) is 0.936. The van der Waals surface area contributed by atoms with E-state index in [-0.39, 0.29) is 8.46 Å². The molecule has 0 aliphatic carbocycles. The Kier molecular flexibility index (Phi) is 3.96. The van der Waals surface area contributed by atoms with Crippen LogP contribution in [0.3, 0.4) is 0 Å². The molecular formula is C10H13OP. The summed E-state index contributed by atoms with van der Waals surface area (Å²) in [7, 11) is 0.143. The van der Waals surface area contributed by atoms with E-state index in [1.807, 2.05) is 18.2 Å². The van der Waals surface area contributed by atoms with E-state index in [9.17, 15) is 4.57 Å². The first-order valence-corrected chi connectivity index (χ1v) is 5.11. The van der Waals surface area contributed by atoms with E-state index in [1.165, 1.54) is 18.4 Å². The Labute approximate surface area is 75.0 Å². The summed E-state index contributed by atoms with van der Waals surface area (Å²) >= 11 is 0. The quantitative estimate of drug-likeness (QED) is 0.651. The molecule has 0 aliphatic rings. The molecule has 0 aliphatic heterocycles. The van der Waals surface area contributed by atoms with Crippen molar-refractivity contribution in [2.24, 2.45) is 0 Å². The maximum atomic E-state index is 10.7. The highest BCUT2D eigenvalue weighted by atomic mass is 31.1. The first-order valence-electron chi connectivity index (χ1n) is 4.29. The van der Waals surface area contributed by atoms with Gasteiger partial charge in [0, 0.05) is 5.30 Å². The van der Waals surface area contributed by atoms with Gasteiger partial charge in [-0.15, -0.1) is 0 Å². The van der Waals surface area contributed by atoms with Gasteiger partial charge in [-0.3, -0.25) is 4.57 Å². The maximum Gasteiger partial charge on any atom is 0.192 e. The molecule has 0 radical (unpaired) electrons. The van der Waals surface area contributed by atoms with Crippen LogP contribution in [-0.4, -0.2) is 0 Å². The molecule has 0 amide bonds. The van der Waals surface area contributed by atoms with Crippen LogP contribution in [-0.2, 0) is 11.0 Å². The lowest BCUT2D eigenvalue weighted by Crippen LogP contribution is -2.01. The van der Waals surface area contributed by atoms with Gasteiger partial charge in [-0.25, -0.2) is 0 Å². The zero-order valence-corrected chi connectivity index (χ0v) is 8.18. The van der Waals surface area contributed by atoms with E-state index in [0.717, 1.165) is 11.7 Å². The summed E-state index contributed by atoms with van der Waals surface area (Å²) in [5.74, 6) is 0. The Morgan fingerprint density at radius 1 is 1.33 bits per heavy atom. The summed E-state index contributed by atoms with van der Waals surface area (Å²) in [6.07, 6.45) is 3.40. The van der Waals surface area contributed by atoms with Crippen LogP contribution in [0.2, 0.25) is 0 Å². The van der Waals surface area contributed by atoms with E-state index in [4.69, 9.17) is 0 Å². The van der Waals surface area contributed by atoms with Gasteiger partial charge in [0.05, 0.1) is 0 Å². The summed E-state index contributed by atoms with van der Waals surface area (Å²) < 4.78 is 10.7. The fourth-order valence-corrected chi connectivity index (χ4v) is 1.63. The molecule has 12 heavy (non-hydrogen) atoms. The van der Waals surface area contributed by atoms with E-state index >= 15 is 0 Å². The molecule has 0 bridgehead atoms. The predicted molar refractivity (Wildman–Crippen MR) is 52.3 cm³/mol. The zero-order chi connectivity index (χ0) is 8.81. The molecule has 1 nitrogen and oxygen atoms in total. The molecule has 0 N–H and O–H groups in total. The second-order valence-electron chi connectivity index (χ2n) is 2.82. The third kappa shape index (κ3) is 2.42. The van der Waals surface area contributed by atoms with Gasteiger partial charge in [0.25, 0.3) is 0 Å². The van der Waals surface area contributed by atoms with E-state index in [1.54, 1.807) is 0 Å². The highest BCUT2D eigenvalue weighted by Gasteiger charge is 1.99. The molecule has 1 rings (SSSR count). The molecule has 0 aromatic heterocycles. The van der Waals surface area contributed by atoms with Gasteiger partial charge in [0.1, 0.15) is 0 Å². The minimum atomic E-state index is 0.143. The minimum absolute atomic E-state index is 0.143. The van der Waals surface area contributed by atoms with Crippen molar-refractivity contribution in [2.75, 3.05) is 0 Å². The number of hydrogen-bond acceptors (Lipinski definition) is 1. The van der Waals surface area contributed by atoms with Crippen LogP contribution >= 0.6 is 8.46 Å². The highest BCUT2D eigenvalue weighted by molar-refractivity contribution is 7.34. The largest absolute Gasteiger partial charge is 0.269 e. The summed E-state index contributed by atoms with van der Waals surface area (Å²) in [6, 6.07) is 7.89. The van der Waals surface area contributed by atoms with Crippen molar-refractivity contribution in [2.45, 2.75) is 26.2 Å². The second-order valence-corrected chi connectivity index (χ2v) is 3.49. The van der Waals surface area contributed by atoms with Crippen LogP contribution in [0.25, 0.3) is 0 Å².